The van der Waals surface area contributed by atoms with Crippen LogP contribution in [0.4, 0.5) is 10.1 Å². The Morgan fingerprint density at radius 3 is 2.35 bits per heavy atom. The molecule has 2 aromatic carbocycles. The first-order valence-corrected chi connectivity index (χ1v) is 8.64. The normalized spacial score (nSPS) is 11.2. The monoisotopic (exact) mass is 358 g/mol. The lowest BCUT2D eigenvalue weighted by atomic mass is 10.2. The standard InChI is InChI=1S/C20H27FN4O/c1-5-22-20(23-13-15-6-9-17(26-4)10-7-15)24-14-16-8-11-19(25(2)3)18(21)12-16/h6-12H,5,13-14H2,1-4H3,(H2,22,23,24). The fourth-order valence-electron chi connectivity index (χ4n) is 2.45. The minimum atomic E-state index is -0.237. The highest BCUT2D eigenvalue weighted by atomic mass is 19.1. The van der Waals surface area contributed by atoms with Crippen molar-refractivity contribution in [1.82, 2.24) is 10.6 Å². The van der Waals surface area contributed by atoms with Crippen molar-refractivity contribution in [3.05, 3.63) is 59.4 Å². The van der Waals surface area contributed by atoms with Gasteiger partial charge in [-0.1, -0.05) is 18.2 Å². The largest absolute Gasteiger partial charge is 0.497 e. The van der Waals surface area contributed by atoms with E-state index in [0.717, 1.165) is 23.4 Å². The van der Waals surface area contributed by atoms with Crippen molar-refractivity contribution in [3.8, 4) is 5.75 Å². The second-order valence-electron chi connectivity index (χ2n) is 6.08. The number of guanidine groups is 1. The molecule has 0 radical (unpaired) electrons. The molecule has 140 valence electrons. The van der Waals surface area contributed by atoms with Gasteiger partial charge in [-0.2, -0.15) is 0 Å². The van der Waals surface area contributed by atoms with Crippen LogP contribution in [0.5, 0.6) is 5.75 Å². The van der Waals surface area contributed by atoms with Gasteiger partial charge >= 0.3 is 0 Å². The summed E-state index contributed by atoms with van der Waals surface area (Å²) in [4.78, 5) is 6.29. The Bertz CT molecular complexity index is 729. The molecule has 0 atom stereocenters. The van der Waals surface area contributed by atoms with Crippen molar-refractivity contribution in [2.45, 2.75) is 20.0 Å². The topological polar surface area (TPSA) is 48.9 Å². The molecule has 2 aromatic rings. The smallest absolute Gasteiger partial charge is 0.191 e. The summed E-state index contributed by atoms with van der Waals surface area (Å²) < 4.78 is 19.2. The molecule has 0 amide bonds. The van der Waals surface area contributed by atoms with E-state index < -0.39 is 0 Å². The quantitative estimate of drug-likeness (QED) is 0.590. The Morgan fingerprint density at radius 1 is 1.08 bits per heavy atom. The Balaban J connectivity index is 2.00. The van der Waals surface area contributed by atoms with Crippen molar-refractivity contribution in [2.24, 2.45) is 4.99 Å². The molecule has 0 saturated carbocycles. The highest BCUT2D eigenvalue weighted by Gasteiger charge is 2.05. The molecule has 0 saturated heterocycles. The minimum Gasteiger partial charge on any atom is -0.497 e. The molecule has 0 heterocycles. The molecule has 0 aliphatic carbocycles. The van der Waals surface area contributed by atoms with E-state index >= 15 is 0 Å². The van der Waals surface area contributed by atoms with Crippen LogP contribution in [0.25, 0.3) is 0 Å². The molecular formula is C20H27FN4O. The SMILES string of the molecule is CCNC(=NCc1ccc(N(C)C)c(F)c1)NCc1ccc(OC)cc1. The van der Waals surface area contributed by atoms with Gasteiger partial charge in [0.05, 0.1) is 19.3 Å². The average molecular weight is 358 g/mol. The van der Waals surface area contributed by atoms with E-state index in [1.54, 1.807) is 18.1 Å². The zero-order valence-corrected chi connectivity index (χ0v) is 15.8. The number of rotatable bonds is 7. The van der Waals surface area contributed by atoms with Crippen LogP contribution in [0, 0.1) is 5.82 Å². The van der Waals surface area contributed by atoms with Crippen LogP contribution in [-0.4, -0.2) is 33.7 Å². The maximum Gasteiger partial charge on any atom is 0.191 e. The molecule has 0 aliphatic rings. The second kappa shape index (κ2) is 9.65. The molecule has 26 heavy (non-hydrogen) atoms. The lowest BCUT2D eigenvalue weighted by Gasteiger charge is -2.14. The van der Waals surface area contributed by atoms with Gasteiger partial charge in [-0.25, -0.2) is 9.38 Å². The number of hydrogen-bond acceptors (Lipinski definition) is 3. The third-order valence-electron chi connectivity index (χ3n) is 3.88. The maximum absolute atomic E-state index is 14.1. The van der Waals surface area contributed by atoms with E-state index in [2.05, 4.69) is 15.6 Å². The van der Waals surface area contributed by atoms with Crippen LogP contribution in [0.1, 0.15) is 18.1 Å². The lowest BCUT2D eigenvalue weighted by molar-refractivity contribution is 0.414. The van der Waals surface area contributed by atoms with E-state index in [4.69, 9.17) is 4.74 Å². The minimum absolute atomic E-state index is 0.237. The number of ether oxygens (including phenoxy) is 1. The fourth-order valence-corrected chi connectivity index (χ4v) is 2.45. The molecule has 2 N–H and O–H groups in total. The summed E-state index contributed by atoms with van der Waals surface area (Å²) in [5, 5.41) is 6.49. The molecule has 0 unspecified atom stereocenters. The van der Waals surface area contributed by atoms with Crippen molar-refractivity contribution < 1.29 is 9.13 Å². The summed E-state index contributed by atoms with van der Waals surface area (Å²) in [5.74, 6) is 1.29. The zero-order chi connectivity index (χ0) is 18.9. The van der Waals surface area contributed by atoms with Crippen molar-refractivity contribution in [2.75, 3.05) is 32.6 Å². The van der Waals surface area contributed by atoms with Crippen molar-refractivity contribution >= 4 is 11.6 Å². The van der Waals surface area contributed by atoms with Gasteiger partial charge in [0, 0.05) is 27.2 Å². The van der Waals surface area contributed by atoms with Crippen LogP contribution in [-0.2, 0) is 13.1 Å². The van der Waals surface area contributed by atoms with Gasteiger partial charge in [-0.3, -0.25) is 0 Å². The number of benzene rings is 2. The van der Waals surface area contributed by atoms with Gasteiger partial charge < -0.3 is 20.3 Å². The number of nitrogens with zero attached hydrogens (tertiary/aromatic N) is 2. The first kappa shape index (κ1) is 19.6. The summed E-state index contributed by atoms with van der Waals surface area (Å²) in [6, 6.07) is 13.1. The van der Waals surface area contributed by atoms with Gasteiger partial charge in [0.2, 0.25) is 0 Å². The predicted octanol–water partition coefficient (Wildman–Crippen LogP) is 3.16. The highest BCUT2D eigenvalue weighted by molar-refractivity contribution is 5.79. The molecular weight excluding hydrogens is 331 g/mol. The average Bonchev–Trinajstić information content (AvgIpc) is 2.64. The van der Waals surface area contributed by atoms with Crippen molar-refractivity contribution in [1.29, 1.82) is 0 Å². The third kappa shape index (κ3) is 5.65. The molecule has 6 heteroatoms. The lowest BCUT2D eigenvalue weighted by Crippen LogP contribution is -2.36. The van der Waals surface area contributed by atoms with Crippen LogP contribution in [0.15, 0.2) is 47.5 Å². The summed E-state index contributed by atoms with van der Waals surface area (Å²) in [5.41, 5.74) is 2.52. The third-order valence-corrected chi connectivity index (χ3v) is 3.88. The van der Waals surface area contributed by atoms with Crippen LogP contribution in [0.2, 0.25) is 0 Å². The zero-order valence-electron chi connectivity index (χ0n) is 15.8. The Morgan fingerprint density at radius 2 is 1.77 bits per heavy atom. The van der Waals surface area contributed by atoms with Gasteiger partial charge in [0.1, 0.15) is 11.6 Å². The Hall–Kier alpha value is -2.76. The number of nitrogens with one attached hydrogen (secondary N) is 2. The van der Waals surface area contributed by atoms with Gasteiger partial charge in [-0.05, 0) is 42.3 Å². The molecule has 5 nitrogen and oxygen atoms in total. The van der Waals surface area contributed by atoms with E-state index in [0.29, 0.717) is 24.7 Å². The molecule has 0 fully saturated rings. The first-order chi connectivity index (χ1) is 12.5. The van der Waals surface area contributed by atoms with Crippen LogP contribution >= 0.6 is 0 Å². The number of halogens is 1. The second-order valence-corrected chi connectivity index (χ2v) is 6.08. The maximum atomic E-state index is 14.1. The fraction of sp³-hybridized carbons (Fsp3) is 0.350. The molecule has 0 aliphatic heterocycles. The number of hydrogen-bond donors (Lipinski definition) is 2. The molecule has 0 aromatic heterocycles. The predicted molar refractivity (Wildman–Crippen MR) is 105 cm³/mol. The summed E-state index contributed by atoms with van der Waals surface area (Å²) in [7, 11) is 5.29. The summed E-state index contributed by atoms with van der Waals surface area (Å²) in [6.07, 6.45) is 0. The van der Waals surface area contributed by atoms with E-state index in [1.165, 1.54) is 6.07 Å². The summed E-state index contributed by atoms with van der Waals surface area (Å²) in [6.45, 7) is 3.81. The number of methoxy groups -OCH3 is 1. The van der Waals surface area contributed by atoms with Gasteiger partial charge in [0.15, 0.2) is 5.96 Å². The highest BCUT2D eigenvalue weighted by Crippen LogP contribution is 2.18. The Labute approximate surface area is 154 Å². The number of aliphatic imine (C=N–C) groups is 1. The van der Waals surface area contributed by atoms with Gasteiger partial charge in [-0.15, -0.1) is 0 Å². The van der Waals surface area contributed by atoms with Crippen LogP contribution < -0.4 is 20.3 Å². The van der Waals surface area contributed by atoms with Crippen molar-refractivity contribution in [3.63, 3.8) is 0 Å². The molecule has 2 rings (SSSR count). The first-order valence-electron chi connectivity index (χ1n) is 8.64. The number of anilines is 1. The summed E-state index contributed by atoms with van der Waals surface area (Å²) >= 11 is 0. The van der Waals surface area contributed by atoms with E-state index in [1.807, 2.05) is 51.4 Å². The van der Waals surface area contributed by atoms with Gasteiger partial charge in [0.25, 0.3) is 0 Å². The van der Waals surface area contributed by atoms with Crippen LogP contribution in [0.3, 0.4) is 0 Å². The van der Waals surface area contributed by atoms with E-state index in [9.17, 15) is 4.39 Å². The van der Waals surface area contributed by atoms with E-state index in [-0.39, 0.29) is 5.82 Å². The molecule has 0 spiro atoms. The Kier molecular flexibility index (Phi) is 7.26. The molecule has 0 bridgehead atoms.